The molecule has 0 aromatic heterocycles. The lowest BCUT2D eigenvalue weighted by atomic mass is 10.1. The van der Waals surface area contributed by atoms with Crippen LogP contribution in [0.5, 0.6) is 5.75 Å². The molecule has 3 nitrogen and oxygen atoms in total. The summed E-state index contributed by atoms with van der Waals surface area (Å²) in [6, 6.07) is 6.23. The number of carboxylic acid groups (broad SMARTS) is 1. The van der Waals surface area contributed by atoms with Gasteiger partial charge in [0.05, 0.1) is 0 Å². The van der Waals surface area contributed by atoms with E-state index in [-0.39, 0.29) is 0 Å². The number of benzene rings is 1. The van der Waals surface area contributed by atoms with E-state index < -0.39 is 5.97 Å². The first-order valence-electron chi connectivity index (χ1n) is 6.90. The molecule has 3 heteroatoms. The van der Waals surface area contributed by atoms with Gasteiger partial charge in [0.15, 0.2) is 0 Å². The van der Waals surface area contributed by atoms with Gasteiger partial charge in [-0.25, -0.2) is 4.79 Å². The third-order valence-corrected chi connectivity index (χ3v) is 3.89. The Balaban J connectivity index is 1.66. The average Bonchev–Trinajstić information content (AvgIpc) is 3.12. The molecule has 2 aliphatic rings. The third-order valence-electron chi connectivity index (χ3n) is 3.89. The summed E-state index contributed by atoms with van der Waals surface area (Å²) >= 11 is 0. The molecule has 0 radical (unpaired) electrons. The number of hydrogen-bond donors (Lipinski definition) is 1. The lowest BCUT2D eigenvalue weighted by Crippen LogP contribution is -2.06. The van der Waals surface area contributed by atoms with E-state index in [1.165, 1.54) is 30.0 Å². The normalized spacial score (nSPS) is 18.2. The minimum atomic E-state index is -0.876. The molecular formula is C16H18O3. The van der Waals surface area contributed by atoms with Crippen molar-refractivity contribution in [1.82, 2.24) is 0 Å². The summed E-state index contributed by atoms with van der Waals surface area (Å²) in [5, 5.41) is 8.85. The smallest absolute Gasteiger partial charge is 0.328 e. The van der Waals surface area contributed by atoms with Crippen LogP contribution in [0.1, 0.15) is 30.4 Å². The molecule has 1 saturated carbocycles. The van der Waals surface area contributed by atoms with Crippen LogP contribution in [0.4, 0.5) is 0 Å². The maximum Gasteiger partial charge on any atom is 0.328 e. The fraction of sp³-hybridized carbons (Fsp3) is 0.438. The van der Waals surface area contributed by atoms with Gasteiger partial charge < -0.3 is 9.84 Å². The Morgan fingerprint density at radius 1 is 1.32 bits per heavy atom. The maximum absolute atomic E-state index is 10.8. The molecule has 19 heavy (non-hydrogen) atoms. The molecule has 0 amide bonds. The van der Waals surface area contributed by atoms with Crippen LogP contribution in [-0.2, 0) is 17.6 Å². The van der Waals surface area contributed by atoms with E-state index in [0.717, 1.165) is 30.6 Å². The van der Waals surface area contributed by atoms with E-state index in [0.29, 0.717) is 12.5 Å². The lowest BCUT2D eigenvalue weighted by Gasteiger charge is -2.10. The molecule has 0 spiro atoms. The predicted molar refractivity (Wildman–Crippen MR) is 72.4 cm³/mol. The maximum atomic E-state index is 10.8. The van der Waals surface area contributed by atoms with Gasteiger partial charge >= 0.3 is 5.97 Å². The molecule has 1 aromatic carbocycles. The molecule has 0 unspecified atom stereocenters. The second-order valence-electron chi connectivity index (χ2n) is 5.40. The number of ether oxygens (including phenoxy) is 1. The van der Waals surface area contributed by atoms with Gasteiger partial charge in [-0.1, -0.05) is 6.07 Å². The Hall–Kier alpha value is -1.77. The highest BCUT2D eigenvalue weighted by molar-refractivity contribution is 5.80. The van der Waals surface area contributed by atoms with E-state index in [1.807, 2.05) is 6.07 Å². The van der Waals surface area contributed by atoms with Crippen molar-refractivity contribution in [3.05, 3.63) is 41.0 Å². The molecule has 0 saturated heterocycles. The van der Waals surface area contributed by atoms with Gasteiger partial charge in [-0.2, -0.15) is 0 Å². The molecule has 1 fully saturated rings. The van der Waals surface area contributed by atoms with Crippen molar-refractivity contribution in [2.45, 2.75) is 32.1 Å². The topological polar surface area (TPSA) is 46.5 Å². The molecule has 0 aliphatic heterocycles. The van der Waals surface area contributed by atoms with Gasteiger partial charge in [0, 0.05) is 6.08 Å². The molecule has 3 rings (SSSR count). The highest BCUT2D eigenvalue weighted by Crippen LogP contribution is 2.36. The van der Waals surface area contributed by atoms with Crippen LogP contribution < -0.4 is 4.74 Å². The zero-order valence-corrected chi connectivity index (χ0v) is 10.9. The average molecular weight is 258 g/mol. The van der Waals surface area contributed by atoms with E-state index >= 15 is 0 Å². The van der Waals surface area contributed by atoms with Crippen molar-refractivity contribution >= 4 is 5.97 Å². The second-order valence-corrected chi connectivity index (χ2v) is 5.40. The van der Waals surface area contributed by atoms with Crippen molar-refractivity contribution in [2.24, 2.45) is 5.92 Å². The molecule has 1 aromatic rings. The third kappa shape index (κ3) is 2.98. The lowest BCUT2D eigenvalue weighted by molar-refractivity contribution is -0.131. The highest BCUT2D eigenvalue weighted by Gasteiger charge is 2.27. The van der Waals surface area contributed by atoms with Crippen molar-refractivity contribution < 1.29 is 14.6 Å². The molecule has 0 atom stereocenters. The van der Waals surface area contributed by atoms with Crippen LogP contribution in [0, 0.1) is 5.92 Å². The monoisotopic (exact) mass is 258 g/mol. The SMILES string of the molecule is O=C(O)/C=C(/COc1ccc2c(c1)CCC2)C1CC1. The Labute approximate surface area is 112 Å². The van der Waals surface area contributed by atoms with Crippen molar-refractivity contribution in [2.75, 3.05) is 6.61 Å². The summed E-state index contributed by atoms with van der Waals surface area (Å²) in [5.41, 5.74) is 3.72. The summed E-state index contributed by atoms with van der Waals surface area (Å²) in [5.74, 6) is 0.405. The second kappa shape index (κ2) is 5.08. The zero-order chi connectivity index (χ0) is 13.2. The molecular weight excluding hydrogens is 240 g/mol. The Morgan fingerprint density at radius 2 is 2.11 bits per heavy atom. The standard InChI is InChI=1S/C16H18O3/c17-16(18)9-14(12-4-5-12)10-19-15-7-6-11-2-1-3-13(11)8-15/h6-9,12H,1-5,10H2,(H,17,18)/b14-9-. The summed E-state index contributed by atoms with van der Waals surface area (Å²) in [6.07, 6.45) is 7.02. The number of carboxylic acids is 1. The van der Waals surface area contributed by atoms with Gasteiger partial charge in [-0.3, -0.25) is 0 Å². The van der Waals surface area contributed by atoms with Gasteiger partial charge in [-0.05, 0) is 66.9 Å². The van der Waals surface area contributed by atoms with Gasteiger partial charge in [0.1, 0.15) is 12.4 Å². The largest absolute Gasteiger partial charge is 0.489 e. The molecule has 2 aliphatic carbocycles. The van der Waals surface area contributed by atoms with Crippen LogP contribution in [0.25, 0.3) is 0 Å². The molecule has 0 bridgehead atoms. The Morgan fingerprint density at radius 3 is 2.84 bits per heavy atom. The fourth-order valence-electron chi connectivity index (χ4n) is 2.69. The van der Waals surface area contributed by atoms with Crippen molar-refractivity contribution in [1.29, 1.82) is 0 Å². The zero-order valence-electron chi connectivity index (χ0n) is 10.9. The molecule has 100 valence electrons. The summed E-state index contributed by atoms with van der Waals surface area (Å²) < 4.78 is 5.76. The van der Waals surface area contributed by atoms with Crippen molar-refractivity contribution in [3.63, 3.8) is 0 Å². The summed E-state index contributed by atoms with van der Waals surface area (Å²) in [7, 11) is 0. The Kier molecular flexibility index (Phi) is 3.28. The Bertz CT molecular complexity index is 527. The first kappa shape index (κ1) is 12.3. The highest BCUT2D eigenvalue weighted by atomic mass is 16.5. The number of hydrogen-bond acceptors (Lipinski definition) is 2. The summed E-state index contributed by atoms with van der Waals surface area (Å²) in [4.78, 5) is 10.8. The number of fused-ring (bicyclic) bond motifs is 1. The quantitative estimate of drug-likeness (QED) is 0.826. The van der Waals surface area contributed by atoms with Crippen molar-refractivity contribution in [3.8, 4) is 5.75 Å². The van der Waals surface area contributed by atoms with Crippen LogP contribution in [0.3, 0.4) is 0 Å². The minimum absolute atomic E-state index is 0.399. The van der Waals surface area contributed by atoms with Crippen LogP contribution >= 0.6 is 0 Å². The van der Waals surface area contributed by atoms with Crippen LogP contribution in [-0.4, -0.2) is 17.7 Å². The first-order chi connectivity index (χ1) is 9.22. The summed E-state index contributed by atoms with van der Waals surface area (Å²) in [6.45, 7) is 0.399. The van der Waals surface area contributed by atoms with E-state index in [9.17, 15) is 4.79 Å². The van der Waals surface area contributed by atoms with E-state index in [2.05, 4.69) is 12.1 Å². The van der Waals surface area contributed by atoms with Gasteiger partial charge in [0.2, 0.25) is 0 Å². The van der Waals surface area contributed by atoms with Gasteiger partial charge in [-0.15, -0.1) is 0 Å². The predicted octanol–water partition coefficient (Wildman–Crippen LogP) is 2.98. The number of aliphatic carboxylic acids is 1. The van der Waals surface area contributed by atoms with Gasteiger partial charge in [0.25, 0.3) is 0 Å². The van der Waals surface area contributed by atoms with Crippen LogP contribution in [0.15, 0.2) is 29.8 Å². The first-order valence-corrected chi connectivity index (χ1v) is 6.90. The molecule has 1 N–H and O–H groups in total. The number of aryl methyl sites for hydroxylation is 2. The van der Waals surface area contributed by atoms with E-state index in [1.54, 1.807) is 0 Å². The van der Waals surface area contributed by atoms with Crippen LogP contribution in [0.2, 0.25) is 0 Å². The molecule has 0 heterocycles. The number of rotatable bonds is 5. The number of carbonyl (C=O) groups is 1. The van der Waals surface area contributed by atoms with E-state index in [4.69, 9.17) is 9.84 Å². The fourth-order valence-corrected chi connectivity index (χ4v) is 2.69. The minimum Gasteiger partial charge on any atom is -0.489 e.